The lowest BCUT2D eigenvalue weighted by molar-refractivity contribution is 0.573. The number of fused-ring (bicyclic) bond motifs is 1. The van der Waals surface area contributed by atoms with Gasteiger partial charge in [-0.3, -0.25) is 4.98 Å². The number of hydrogen-bond acceptors (Lipinski definition) is 4. The van der Waals surface area contributed by atoms with Gasteiger partial charge in [-0.25, -0.2) is 18.1 Å². The normalized spacial score (nSPS) is 12.6. The molecule has 0 saturated heterocycles. The average Bonchev–Trinajstić information content (AvgIpc) is 2.65. The van der Waals surface area contributed by atoms with Crippen LogP contribution >= 0.6 is 0 Å². The molecule has 1 unspecified atom stereocenters. The lowest BCUT2D eigenvalue weighted by Crippen LogP contribution is -2.31. The molecule has 0 aliphatic rings. The number of guanidine groups is 1. The van der Waals surface area contributed by atoms with E-state index in [4.69, 9.17) is 11.5 Å². The van der Waals surface area contributed by atoms with Gasteiger partial charge >= 0.3 is 0 Å². The molecule has 1 aromatic heterocycles. The number of nitrogens with zero attached hydrogens (tertiary/aromatic N) is 2. The van der Waals surface area contributed by atoms with Gasteiger partial charge in [-0.2, -0.15) is 0 Å². The summed E-state index contributed by atoms with van der Waals surface area (Å²) in [5.74, 6) is -0.103. The first-order valence-electron chi connectivity index (χ1n) is 7.93. The second-order valence-electron chi connectivity index (χ2n) is 5.69. The molecule has 1 atom stereocenters. The van der Waals surface area contributed by atoms with E-state index < -0.39 is 16.1 Å². The smallest absolute Gasteiger partial charge is 0.241 e. The highest BCUT2D eigenvalue weighted by Gasteiger charge is 2.20. The fraction of sp³-hybridized carbons (Fsp3) is 0.111. The number of sulfonamides is 1. The third kappa shape index (κ3) is 3.98. The summed E-state index contributed by atoms with van der Waals surface area (Å²) < 4.78 is 28.3. The van der Waals surface area contributed by atoms with Crippen molar-refractivity contribution in [1.29, 1.82) is 0 Å². The third-order valence-electron chi connectivity index (χ3n) is 3.89. The summed E-state index contributed by atoms with van der Waals surface area (Å²) in [4.78, 5) is 8.35. The number of nitrogens with two attached hydrogens (primary N) is 2. The van der Waals surface area contributed by atoms with Crippen LogP contribution in [-0.4, -0.2) is 25.9 Å². The van der Waals surface area contributed by atoms with Gasteiger partial charge in [0.15, 0.2) is 5.96 Å². The highest BCUT2D eigenvalue weighted by atomic mass is 32.2. The summed E-state index contributed by atoms with van der Waals surface area (Å²) in [6.45, 7) is 0.0335. The van der Waals surface area contributed by atoms with Gasteiger partial charge in [0, 0.05) is 29.7 Å². The standard InChI is InChI=1S/C18H19N5O2S/c19-18(20)23-16(13-5-2-1-3-6-13)12-22-26(24,25)17-8-4-7-14-11-21-10-9-15(14)17/h1-11,16,22H,12H2,(H4,19,20,23). The van der Waals surface area contributed by atoms with Crippen molar-refractivity contribution in [2.24, 2.45) is 16.5 Å². The Morgan fingerprint density at radius 1 is 1.08 bits per heavy atom. The van der Waals surface area contributed by atoms with Crippen LogP contribution in [0.25, 0.3) is 10.8 Å². The molecule has 0 bridgehead atoms. The zero-order valence-corrected chi connectivity index (χ0v) is 14.7. The predicted octanol–water partition coefficient (Wildman–Crippen LogP) is 1.53. The Morgan fingerprint density at radius 3 is 2.58 bits per heavy atom. The van der Waals surface area contributed by atoms with Gasteiger partial charge < -0.3 is 11.5 Å². The van der Waals surface area contributed by atoms with Gasteiger partial charge in [0.25, 0.3) is 0 Å². The second kappa shape index (κ2) is 7.51. The van der Waals surface area contributed by atoms with Crippen LogP contribution in [0.3, 0.4) is 0 Å². The minimum Gasteiger partial charge on any atom is -0.370 e. The van der Waals surface area contributed by atoms with Gasteiger partial charge in [-0.1, -0.05) is 42.5 Å². The number of aliphatic imine (C=N–C) groups is 1. The quantitative estimate of drug-likeness (QED) is 0.449. The Morgan fingerprint density at radius 2 is 1.85 bits per heavy atom. The molecule has 0 amide bonds. The number of hydrogen-bond donors (Lipinski definition) is 3. The Balaban J connectivity index is 1.90. The fourth-order valence-corrected chi connectivity index (χ4v) is 3.95. The van der Waals surface area contributed by atoms with Crippen molar-refractivity contribution in [3.63, 3.8) is 0 Å². The van der Waals surface area contributed by atoms with E-state index in [9.17, 15) is 8.42 Å². The van der Waals surface area contributed by atoms with Crippen molar-refractivity contribution in [2.45, 2.75) is 10.9 Å². The van der Waals surface area contributed by atoms with Crippen LogP contribution in [0.4, 0.5) is 0 Å². The second-order valence-corrected chi connectivity index (χ2v) is 7.42. The molecule has 3 rings (SSSR count). The zero-order chi connectivity index (χ0) is 18.6. The summed E-state index contributed by atoms with van der Waals surface area (Å²) in [5.41, 5.74) is 11.8. The Bertz CT molecular complexity index is 1030. The molecule has 3 aromatic rings. The molecule has 5 N–H and O–H groups in total. The number of nitrogens with one attached hydrogen (secondary N) is 1. The first-order chi connectivity index (χ1) is 12.5. The number of benzene rings is 2. The molecular formula is C18H19N5O2S. The van der Waals surface area contributed by atoms with E-state index in [1.54, 1.807) is 30.6 Å². The van der Waals surface area contributed by atoms with Crippen molar-refractivity contribution < 1.29 is 8.42 Å². The average molecular weight is 369 g/mol. The molecule has 0 radical (unpaired) electrons. The number of rotatable bonds is 6. The molecule has 0 saturated carbocycles. The molecule has 26 heavy (non-hydrogen) atoms. The van der Waals surface area contributed by atoms with Crippen molar-refractivity contribution in [1.82, 2.24) is 9.71 Å². The summed E-state index contributed by atoms with van der Waals surface area (Å²) in [5, 5.41) is 1.35. The van der Waals surface area contributed by atoms with E-state index in [0.717, 1.165) is 10.9 Å². The summed E-state index contributed by atoms with van der Waals surface area (Å²) >= 11 is 0. The predicted molar refractivity (Wildman–Crippen MR) is 102 cm³/mol. The Hall–Kier alpha value is -2.97. The molecule has 1 heterocycles. The molecule has 7 nitrogen and oxygen atoms in total. The molecule has 0 fully saturated rings. The van der Waals surface area contributed by atoms with Crippen LogP contribution in [0.2, 0.25) is 0 Å². The molecule has 134 valence electrons. The molecule has 0 spiro atoms. The maximum absolute atomic E-state index is 12.8. The summed E-state index contributed by atoms with van der Waals surface area (Å²) in [6.07, 6.45) is 3.19. The van der Waals surface area contributed by atoms with Gasteiger partial charge in [0.2, 0.25) is 10.0 Å². The van der Waals surface area contributed by atoms with Crippen molar-refractivity contribution >= 4 is 26.8 Å². The summed E-state index contributed by atoms with van der Waals surface area (Å²) in [6, 6.07) is 15.4. The van der Waals surface area contributed by atoms with E-state index in [1.165, 1.54) is 0 Å². The Kier molecular flexibility index (Phi) is 5.15. The number of pyridine rings is 1. The largest absolute Gasteiger partial charge is 0.370 e. The Labute approximate surface area is 151 Å². The third-order valence-corrected chi connectivity index (χ3v) is 5.37. The van der Waals surface area contributed by atoms with E-state index in [0.29, 0.717) is 5.39 Å². The van der Waals surface area contributed by atoms with E-state index in [1.807, 2.05) is 36.4 Å². The topological polar surface area (TPSA) is 123 Å². The molecule has 2 aromatic carbocycles. The van der Waals surface area contributed by atoms with Crippen LogP contribution in [0, 0.1) is 0 Å². The lowest BCUT2D eigenvalue weighted by atomic mass is 10.1. The lowest BCUT2D eigenvalue weighted by Gasteiger charge is -2.15. The van der Waals surface area contributed by atoms with Crippen molar-refractivity contribution in [2.75, 3.05) is 6.54 Å². The van der Waals surface area contributed by atoms with Crippen LogP contribution in [0.1, 0.15) is 11.6 Å². The number of aromatic nitrogens is 1. The molecule has 8 heteroatoms. The van der Waals surface area contributed by atoms with Gasteiger partial charge in [-0.05, 0) is 17.7 Å². The van der Waals surface area contributed by atoms with E-state index >= 15 is 0 Å². The van der Waals surface area contributed by atoms with Crippen LogP contribution < -0.4 is 16.2 Å². The molecule has 0 aliphatic heterocycles. The van der Waals surface area contributed by atoms with E-state index in [-0.39, 0.29) is 17.4 Å². The van der Waals surface area contributed by atoms with Crippen molar-refractivity contribution in [3.05, 3.63) is 72.6 Å². The fourth-order valence-electron chi connectivity index (χ4n) is 2.69. The highest BCUT2D eigenvalue weighted by molar-refractivity contribution is 7.89. The van der Waals surface area contributed by atoms with Gasteiger partial charge in [-0.15, -0.1) is 0 Å². The molecular weight excluding hydrogens is 350 g/mol. The van der Waals surface area contributed by atoms with Crippen LogP contribution in [0.5, 0.6) is 0 Å². The first kappa shape index (κ1) is 17.8. The summed E-state index contributed by atoms with van der Waals surface area (Å²) in [7, 11) is -3.75. The van der Waals surface area contributed by atoms with Crippen molar-refractivity contribution in [3.8, 4) is 0 Å². The van der Waals surface area contributed by atoms with Crippen LogP contribution in [0.15, 0.2) is 76.9 Å². The first-order valence-corrected chi connectivity index (χ1v) is 9.42. The highest BCUT2D eigenvalue weighted by Crippen LogP contribution is 2.23. The van der Waals surface area contributed by atoms with E-state index in [2.05, 4.69) is 14.7 Å². The van der Waals surface area contributed by atoms with Gasteiger partial charge in [0.1, 0.15) is 0 Å². The maximum atomic E-state index is 12.8. The molecule has 0 aliphatic carbocycles. The SMILES string of the molecule is NC(N)=NC(CNS(=O)(=O)c1cccc2cnccc12)c1ccccc1. The minimum absolute atomic E-state index is 0.0335. The van der Waals surface area contributed by atoms with Gasteiger partial charge in [0.05, 0.1) is 10.9 Å². The maximum Gasteiger partial charge on any atom is 0.241 e. The monoisotopic (exact) mass is 369 g/mol. The van der Waals surface area contributed by atoms with Crippen LogP contribution in [-0.2, 0) is 10.0 Å². The zero-order valence-electron chi connectivity index (χ0n) is 13.9. The minimum atomic E-state index is -3.75.